The van der Waals surface area contributed by atoms with Crippen molar-refractivity contribution in [1.82, 2.24) is 9.80 Å². The summed E-state index contributed by atoms with van der Waals surface area (Å²) in [6, 6.07) is 0.883. The summed E-state index contributed by atoms with van der Waals surface area (Å²) < 4.78 is 0. The third kappa shape index (κ3) is 1.38. The molecule has 0 saturated carbocycles. The maximum Gasteiger partial charge on any atom is 0.0252 e. The summed E-state index contributed by atoms with van der Waals surface area (Å²) in [6.07, 6.45) is 2.81. The van der Waals surface area contributed by atoms with Crippen LogP contribution in [0.15, 0.2) is 0 Å². The molecule has 0 aromatic carbocycles. The summed E-state index contributed by atoms with van der Waals surface area (Å²) in [7, 11) is 2.25. The average molecular weight is 168 g/mol. The van der Waals surface area contributed by atoms with Crippen LogP contribution in [0.1, 0.15) is 19.8 Å². The molecule has 2 unspecified atom stereocenters. The maximum atomic E-state index is 2.69. The third-order valence-electron chi connectivity index (χ3n) is 3.59. The van der Waals surface area contributed by atoms with Crippen molar-refractivity contribution in [2.24, 2.45) is 5.92 Å². The zero-order valence-corrected chi connectivity index (χ0v) is 8.29. The van der Waals surface area contributed by atoms with Crippen LogP contribution in [-0.4, -0.2) is 49.1 Å². The predicted molar refractivity (Wildman–Crippen MR) is 51.3 cm³/mol. The first kappa shape index (κ1) is 8.52. The maximum absolute atomic E-state index is 2.69. The molecule has 0 bridgehead atoms. The van der Waals surface area contributed by atoms with Crippen LogP contribution < -0.4 is 0 Å². The van der Waals surface area contributed by atoms with Gasteiger partial charge in [0, 0.05) is 25.7 Å². The van der Waals surface area contributed by atoms with Gasteiger partial charge in [-0.3, -0.25) is 4.90 Å². The molecule has 12 heavy (non-hydrogen) atoms. The van der Waals surface area contributed by atoms with Gasteiger partial charge in [-0.1, -0.05) is 13.3 Å². The van der Waals surface area contributed by atoms with E-state index in [9.17, 15) is 0 Å². The fraction of sp³-hybridized carbons (Fsp3) is 1.00. The molecule has 0 aromatic rings. The largest absolute Gasteiger partial charge is 0.304 e. The number of nitrogens with zero attached hydrogens (tertiary/aromatic N) is 2. The number of piperazine rings is 1. The highest BCUT2D eigenvalue weighted by Crippen LogP contribution is 2.29. The van der Waals surface area contributed by atoms with Crippen LogP contribution in [0.4, 0.5) is 0 Å². The number of likely N-dealkylation sites (N-methyl/N-ethyl adjacent to an activating group) is 1. The predicted octanol–water partition coefficient (Wildman–Crippen LogP) is 1.03. The Bertz CT molecular complexity index is 152. The van der Waals surface area contributed by atoms with Crippen molar-refractivity contribution in [3.05, 3.63) is 0 Å². The Labute approximate surface area is 75.5 Å². The first-order valence-electron chi connectivity index (χ1n) is 5.24. The van der Waals surface area contributed by atoms with Crippen LogP contribution >= 0.6 is 0 Å². The number of hydrogen-bond acceptors (Lipinski definition) is 2. The minimum atomic E-state index is 0.883. The molecular formula is C10H20N2. The minimum Gasteiger partial charge on any atom is -0.304 e. The molecule has 0 aliphatic carbocycles. The van der Waals surface area contributed by atoms with Gasteiger partial charge < -0.3 is 4.90 Å². The van der Waals surface area contributed by atoms with Crippen LogP contribution in [0.25, 0.3) is 0 Å². The minimum absolute atomic E-state index is 0.883. The SMILES string of the molecule is CCC1CCN2CCN(C)CC12. The second-order valence-corrected chi connectivity index (χ2v) is 4.32. The molecule has 0 aromatic heterocycles. The van der Waals surface area contributed by atoms with Crippen LogP contribution in [0.2, 0.25) is 0 Å². The van der Waals surface area contributed by atoms with Gasteiger partial charge in [-0.25, -0.2) is 0 Å². The van der Waals surface area contributed by atoms with Gasteiger partial charge in [0.25, 0.3) is 0 Å². The zero-order chi connectivity index (χ0) is 8.55. The quantitative estimate of drug-likeness (QED) is 0.577. The van der Waals surface area contributed by atoms with Crippen molar-refractivity contribution in [2.75, 3.05) is 33.2 Å². The van der Waals surface area contributed by atoms with E-state index in [0.29, 0.717) is 0 Å². The van der Waals surface area contributed by atoms with Crippen molar-refractivity contribution < 1.29 is 0 Å². The Hall–Kier alpha value is -0.0800. The summed E-state index contributed by atoms with van der Waals surface area (Å²) in [6.45, 7) is 7.57. The Balaban J connectivity index is 2.00. The summed E-state index contributed by atoms with van der Waals surface area (Å²) in [5.74, 6) is 0.979. The van der Waals surface area contributed by atoms with E-state index in [1.165, 1.54) is 39.0 Å². The molecule has 2 heteroatoms. The summed E-state index contributed by atoms with van der Waals surface area (Å²) in [5.41, 5.74) is 0. The van der Waals surface area contributed by atoms with E-state index in [1.54, 1.807) is 0 Å². The van der Waals surface area contributed by atoms with Crippen LogP contribution in [0, 0.1) is 5.92 Å². The van der Waals surface area contributed by atoms with Crippen molar-refractivity contribution in [2.45, 2.75) is 25.8 Å². The smallest absolute Gasteiger partial charge is 0.0252 e. The molecule has 2 aliphatic heterocycles. The van der Waals surface area contributed by atoms with E-state index in [1.807, 2.05) is 0 Å². The molecular weight excluding hydrogens is 148 g/mol. The lowest BCUT2D eigenvalue weighted by atomic mass is 9.96. The van der Waals surface area contributed by atoms with Gasteiger partial charge >= 0.3 is 0 Å². The first-order valence-corrected chi connectivity index (χ1v) is 5.24. The van der Waals surface area contributed by atoms with Gasteiger partial charge in [-0.05, 0) is 25.9 Å². The fourth-order valence-corrected chi connectivity index (χ4v) is 2.72. The van der Waals surface area contributed by atoms with Crippen LogP contribution in [0.5, 0.6) is 0 Å². The molecule has 0 radical (unpaired) electrons. The third-order valence-corrected chi connectivity index (χ3v) is 3.59. The van der Waals surface area contributed by atoms with E-state index in [4.69, 9.17) is 0 Å². The Kier molecular flexibility index (Phi) is 2.37. The molecule has 2 nitrogen and oxygen atoms in total. The summed E-state index contributed by atoms with van der Waals surface area (Å²) in [5, 5.41) is 0. The highest BCUT2D eigenvalue weighted by molar-refractivity contribution is 4.91. The highest BCUT2D eigenvalue weighted by Gasteiger charge is 2.35. The van der Waals surface area contributed by atoms with Crippen molar-refractivity contribution in [3.8, 4) is 0 Å². The van der Waals surface area contributed by atoms with Gasteiger partial charge in [0.15, 0.2) is 0 Å². The normalized spacial score (nSPS) is 38.5. The lowest BCUT2D eigenvalue weighted by Crippen LogP contribution is -2.50. The second-order valence-electron chi connectivity index (χ2n) is 4.32. The lowest BCUT2D eigenvalue weighted by Gasteiger charge is -2.37. The Morgan fingerprint density at radius 2 is 2.08 bits per heavy atom. The van der Waals surface area contributed by atoms with Gasteiger partial charge in [0.1, 0.15) is 0 Å². The average Bonchev–Trinajstić information content (AvgIpc) is 2.46. The number of hydrogen-bond donors (Lipinski definition) is 0. The van der Waals surface area contributed by atoms with Crippen molar-refractivity contribution in [1.29, 1.82) is 0 Å². The number of rotatable bonds is 1. The second kappa shape index (κ2) is 3.35. The fourth-order valence-electron chi connectivity index (χ4n) is 2.72. The topological polar surface area (TPSA) is 6.48 Å². The molecule has 2 fully saturated rings. The van der Waals surface area contributed by atoms with Gasteiger partial charge in [-0.15, -0.1) is 0 Å². The Morgan fingerprint density at radius 1 is 1.25 bits per heavy atom. The molecule has 2 aliphatic rings. The molecule has 2 rings (SSSR count). The lowest BCUT2D eigenvalue weighted by molar-refractivity contribution is 0.105. The van der Waals surface area contributed by atoms with Crippen molar-refractivity contribution in [3.63, 3.8) is 0 Å². The van der Waals surface area contributed by atoms with Crippen LogP contribution in [-0.2, 0) is 0 Å². The molecule has 2 heterocycles. The molecule has 0 amide bonds. The molecule has 2 atom stereocenters. The summed E-state index contributed by atoms with van der Waals surface area (Å²) >= 11 is 0. The van der Waals surface area contributed by atoms with Gasteiger partial charge in [0.2, 0.25) is 0 Å². The number of fused-ring (bicyclic) bond motifs is 1. The van der Waals surface area contributed by atoms with Gasteiger partial charge in [0.05, 0.1) is 0 Å². The Morgan fingerprint density at radius 3 is 2.83 bits per heavy atom. The van der Waals surface area contributed by atoms with E-state index < -0.39 is 0 Å². The van der Waals surface area contributed by atoms with Crippen LogP contribution in [0.3, 0.4) is 0 Å². The van der Waals surface area contributed by atoms with E-state index in [2.05, 4.69) is 23.8 Å². The molecule has 0 spiro atoms. The van der Waals surface area contributed by atoms with E-state index in [-0.39, 0.29) is 0 Å². The summed E-state index contributed by atoms with van der Waals surface area (Å²) in [4.78, 5) is 5.17. The highest BCUT2D eigenvalue weighted by atomic mass is 15.3. The standard InChI is InChI=1S/C10H20N2/c1-3-9-4-5-12-7-6-11(2)8-10(9)12/h9-10H,3-8H2,1-2H3. The zero-order valence-electron chi connectivity index (χ0n) is 8.29. The molecule has 2 saturated heterocycles. The first-order chi connectivity index (χ1) is 5.81. The van der Waals surface area contributed by atoms with Crippen molar-refractivity contribution >= 4 is 0 Å². The monoisotopic (exact) mass is 168 g/mol. The van der Waals surface area contributed by atoms with Gasteiger partial charge in [-0.2, -0.15) is 0 Å². The molecule has 70 valence electrons. The van der Waals surface area contributed by atoms with E-state index in [0.717, 1.165) is 12.0 Å². The molecule has 0 N–H and O–H groups in total. The van der Waals surface area contributed by atoms with E-state index >= 15 is 0 Å².